The van der Waals surface area contributed by atoms with Crippen molar-refractivity contribution in [3.63, 3.8) is 0 Å². The fraction of sp³-hybridized carbons (Fsp3) is 0.148. The van der Waals surface area contributed by atoms with Gasteiger partial charge in [-0.2, -0.15) is 0 Å². The molecule has 0 saturated carbocycles. The van der Waals surface area contributed by atoms with Gasteiger partial charge >= 0.3 is 0 Å². The van der Waals surface area contributed by atoms with Crippen LogP contribution in [0.3, 0.4) is 0 Å². The van der Waals surface area contributed by atoms with E-state index in [1.807, 2.05) is 60.7 Å². The Bertz CT molecular complexity index is 1200. The Morgan fingerprint density at radius 3 is 2.30 bits per heavy atom. The second kappa shape index (κ2) is 8.42. The van der Waals surface area contributed by atoms with Gasteiger partial charge in [0.15, 0.2) is 5.78 Å². The van der Waals surface area contributed by atoms with E-state index in [1.165, 1.54) is 5.56 Å². The number of phenols is 1. The minimum Gasteiger partial charge on any atom is -0.508 e. The summed E-state index contributed by atoms with van der Waals surface area (Å²) in [5.74, 6) is 0.257. The average molecular weight is 396 g/mol. The predicted octanol–water partition coefficient (Wildman–Crippen LogP) is 6.41. The summed E-state index contributed by atoms with van der Waals surface area (Å²) in [7, 11) is 0. The number of rotatable bonds is 6. The first-order valence-corrected chi connectivity index (χ1v) is 10.2. The third-order valence-electron chi connectivity index (χ3n) is 5.29. The molecule has 0 radical (unpaired) electrons. The number of nitrogens with zero attached hydrogens (tertiary/aromatic N) is 1. The summed E-state index contributed by atoms with van der Waals surface area (Å²) in [6, 6.07) is 25.3. The zero-order valence-electron chi connectivity index (χ0n) is 17.2. The molecular weight excluding hydrogens is 370 g/mol. The van der Waals surface area contributed by atoms with E-state index < -0.39 is 0 Å². The molecule has 4 aromatic rings. The summed E-state index contributed by atoms with van der Waals surface area (Å²) < 4.78 is 2.21. The van der Waals surface area contributed by atoms with Crippen LogP contribution in [-0.2, 0) is 6.54 Å². The van der Waals surface area contributed by atoms with Gasteiger partial charge < -0.3 is 9.67 Å². The van der Waals surface area contributed by atoms with Crippen molar-refractivity contribution in [1.29, 1.82) is 0 Å². The van der Waals surface area contributed by atoms with E-state index in [2.05, 4.69) is 30.5 Å². The molecule has 0 aliphatic carbocycles. The Kier molecular flexibility index (Phi) is 5.53. The minimum atomic E-state index is -0.0510. The van der Waals surface area contributed by atoms with Gasteiger partial charge in [-0.15, -0.1) is 0 Å². The Balaban J connectivity index is 1.87. The Hall–Kier alpha value is -3.59. The lowest BCUT2D eigenvalue weighted by Gasteiger charge is -2.15. The van der Waals surface area contributed by atoms with Crippen LogP contribution in [0.1, 0.15) is 46.9 Å². The molecule has 0 amide bonds. The van der Waals surface area contributed by atoms with Crippen molar-refractivity contribution >= 4 is 22.8 Å². The summed E-state index contributed by atoms with van der Waals surface area (Å²) >= 11 is 0. The second-order valence-electron chi connectivity index (χ2n) is 7.80. The molecule has 4 rings (SSSR count). The number of aromatic nitrogens is 1. The van der Waals surface area contributed by atoms with Gasteiger partial charge in [0, 0.05) is 23.1 Å². The van der Waals surface area contributed by atoms with Crippen molar-refractivity contribution in [2.75, 3.05) is 0 Å². The van der Waals surface area contributed by atoms with E-state index in [0.717, 1.165) is 22.2 Å². The number of hydrogen-bond donors (Lipinski definition) is 1. The van der Waals surface area contributed by atoms with Gasteiger partial charge in [0.05, 0.1) is 5.56 Å². The van der Waals surface area contributed by atoms with Gasteiger partial charge in [0.1, 0.15) is 5.75 Å². The summed E-state index contributed by atoms with van der Waals surface area (Å²) in [4.78, 5) is 13.4. The fourth-order valence-corrected chi connectivity index (χ4v) is 3.98. The summed E-state index contributed by atoms with van der Waals surface area (Å²) in [5.41, 5.74) is 4.76. The highest BCUT2D eigenvalue weighted by Crippen LogP contribution is 2.34. The third-order valence-corrected chi connectivity index (χ3v) is 5.29. The monoisotopic (exact) mass is 395 g/mol. The van der Waals surface area contributed by atoms with Crippen LogP contribution >= 0.6 is 0 Å². The molecule has 0 unspecified atom stereocenters. The topological polar surface area (TPSA) is 42.2 Å². The SMILES string of the molecule is CC(C)c1c(C(=O)/C=C/c2ccccc2)c2cc(O)ccc2n1Cc1ccccc1. The highest BCUT2D eigenvalue weighted by Gasteiger charge is 2.23. The molecule has 0 fully saturated rings. The molecule has 0 atom stereocenters. The van der Waals surface area contributed by atoms with E-state index in [0.29, 0.717) is 12.1 Å². The van der Waals surface area contributed by atoms with Gasteiger partial charge in [0.2, 0.25) is 0 Å². The number of allylic oxidation sites excluding steroid dienone is 1. The summed E-state index contributed by atoms with van der Waals surface area (Å²) in [5, 5.41) is 10.9. The second-order valence-corrected chi connectivity index (χ2v) is 7.80. The number of aromatic hydroxyl groups is 1. The number of carbonyl (C=O) groups excluding carboxylic acids is 1. The smallest absolute Gasteiger partial charge is 0.188 e. The van der Waals surface area contributed by atoms with Crippen molar-refractivity contribution in [1.82, 2.24) is 4.57 Å². The van der Waals surface area contributed by atoms with Gasteiger partial charge in [-0.3, -0.25) is 4.79 Å². The molecule has 0 spiro atoms. The molecule has 3 heteroatoms. The van der Waals surface area contributed by atoms with Crippen molar-refractivity contribution in [2.24, 2.45) is 0 Å². The zero-order valence-corrected chi connectivity index (χ0v) is 17.2. The Labute approximate surface area is 176 Å². The predicted molar refractivity (Wildman–Crippen MR) is 123 cm³/mol. The van der Waals surface area contributed by atoms with Crippen LogP contribution in [-0.4, -0.2) is 15.5 Å². The first-order chi connectivity index (χ1) is 14.5. The molecule has 0 aliphatic rings. The highest BCUT2D eigenvalue weighted by molar-refractivity contribution is 6.16. The molecule has 0 aliphatic heterocycles. The van der Waals surface area contributed by atoms with E-state index in [-0.39, 0.29) is 17.5 Å². The first-order valence-electron chi connectivity index (χ1n) is 10.2. The number of benzene rings is 3. The zero-order chi connectivity index (χ0) is 21.1. The first kappa shape index (κ1) is 19.7. The maximum Gasteiger partial charge on any atom is 0.188 e. The molecule has 0 bridgehead atoms. The molecule has 3 aromatic carbocycles. The van der Waals surface area contributed by atoms with Crippen LogP contribution in [0.25, 0.3) is 17.0 Å². The van der Waals surface area contributed by atoms with Crippen molar-refractivity contribution in [3.05, 3.63) is 107 Å². The molecule has 30 heavy (non-hydrogen) atoms. The molecule has 1 heterocycles. The van der Waals surface area contributed by atoms with Crippen molar-refractivity contribution < 1.29 is 9.90 Å². The molecule has 1 aromatic heterocycles. The number of carbonyl (C=O) groups is 1. The number of phenolic OH excluding ortho intramolecular Hbond substituents is 1. The minimum absolute atomic E-state index is 0.0510. The van der Waals surface area contributed by atoms with E-state index in [4.69, 9.17) is 0 Å². The Morgan fingerprint density at radius 2 is 1.63 bits per heavy atom. The standard InChI is InChI=1S/C27H25NO2/c1-19(2)27-26(25(30)16-13-20-9-5-3-6-10-20)23-17-22(29)14-15-24(23)28(27)18-21-11-7-4-8-12-21/h3-17,19,29H,18H2,1-2H3/b16-13+. The number of hydrogen-bond acceptors (Lipinski definition) is 2. The van der Waals surface area contributed by atoms with Crippen LogP contribution in [0.5, 0.6) is 5.75 Å². The maximum absolute atomic E-state index is 13.4. The lowest BCUT2D eigenvalue weighted by Crippen LogP contribution is -2.09. The van der Waals surface area contributed by atoms with Gasteiger partial charge in [-0.1, -0.05) is 80.6 Å². The van der Waals surface area contributed by atoms with Crippen molar-refractivity contribution in [3.8, 4) is 5.75 Å². The van der Waals surface area contributed by atoms with Crippen LogP contribution < -0.4 is 0 Å². The molecule has 3 nitrogen and oxygen atoms in total. The summed E-state index contributed by atoms with van der Waals surface area (Å²) in [6.07, 6.45) is 3.47. The summed E-state index contributed by atoms with van der Waals surface area (Å²) in [6.45, 7) is 4.88. The number of fused-ring (bicyclic) bond motifs is 1. The van der Waals surface area contributed by atoms with Gasteiger partial charge in [0.25, 0.3) is 0 Å². The van der Waals surface area contributed by atoms with E-state index >= 15 is 0 Å². The van der Waals surface area contributed by atoms with E-state index in [9.17, 15) is 9.90 Å². The lowest BCUT2D eigenvalue weighted by atomic mass is 9.99. The molecule has 1 N–H and O–H groups in total. The molecule has 150 valence electrons. The molecule has 0 saturated heterocycles. The quantitative estimate of drug-likeness (QED) is 0.302. The molecular formula is C27H25NO2. The average Bonchev–Trinajstić information content (AvgIpc) is 3.07. The van der Waals surface area contributed by atoms with Crippen molar-refractivity contribution in [2.45, 2.75) is 26.3 Å². The lowest BCUT2D eigenvalue weighted by molar-refractivity contribution is 0.104. The van der Waals surface area contributed by atoms with Gasteiger partial charge in [-0.05, 0) is 41.3 Å². The largest absolute Gasteiger partial charge is 0.508 e. The highest BCUT2D eigenvalue weighted by atomic mass is 16.3. The maximum atomic E-state index is 13.4. The van der Waals surface area contributed by atoms with Crippen LogP contribution in [0, 0.1) is 0 Å². The fourth-order valence-electron chi connectivity index (χ4n) is 3.98. The number of ketones is 1. The third kappa shape index (κ3) is 3.92. The van der Waals surface area contributed by atoms with E-state index in [1.54, 1.807) is 18.2 Å². The van der Waals surface area contributed by atoms with Crippen LogP contribution in [0.2, 0.25) is 0 Å². The van der Waals surface area contributed by atoms with Gasteiger partial charge in [-0.25, -0.2) is 0 Å². The normalized spacial score (nSPS) is 11.6. The van der Waals surface area contributed by atoms with Crippen LogP contribution in [0.15, 0.2) is 84.9 Å². The van der Waals surface area contributed by atoms with Crippen LogP contribution in [0.4, 0.5) is 0 Å². The Morgan fingerprint density at radius 1 is 0.967 bits per heavy atom.